The van der Waals surface area contributed by atoms with E-state index in [-0.39, 0.29) is 29.4 Å². The molecular formula is C23H27ClFN5O3. The summed E-state index contributed by atoms with van der Waals surface area (Å²) in [5.74, 6) is -0.178. The van der Waals surface area contributed by atoms with Crippen LogP contribution in [-0.2, 0) is 19.5 Å². The van der Waals surface area contributed by atoms with Gasteiger partial charge in [0.05, 0.1) is 23.4 Å². The second kappa shape index (κ2) is 8.61. The van der Waals surface area contributed by atoms with E-state index in [0.717, 1.165) is 17.7 Å². The molecule has 2 N–H and O–H groups in total. The number of urea groups is 1. The third-order valence-corrected chi connectivity index (χ3v) is 7.13. The van der Waals surface area contributed by atoms with Gasteiger partial charge in [-0.05, 0) is 30.5 Å². The van der Waals surface area contributed by atoms with Crippen LogP contribution in [0.4, 0.5) is 14.9 Å². The van der Waals surface area contributed by atoms with Crippen molar-refractivity contribution < 1.29 is 19.1 Å². The fourth-order valence-electron chi connectivity index (χ4n) is 4.77. The molecular weight excluding hydrogens is 449 g/mol. The molecule has 2 aliphatic heterocycles. The Labute approximate surface area is 196 Å². The number of aromatic nitrogens is 2. The summed E-state index contributed by atoms with van der Waals surface area (Å²) >= 11 is 5.81. The van der Waals surface area contributed by atoms with Gasteiger partial charge >= 0.3 is 6.03 Å². The van der Waals surface area contributed by atoms with Gasteiger partial charge in [-0.25, -0.2) is 9.18 Å². The van der Waals surface area contributed by atoms with E-state index >= 15 is 0 Å². The number of fused-ring (bicyclic) bond motifs is 3. The summed E-state index contributed by atoms with van der Waals surface area (Å²) in [5, 5.41) is 18.1. The zero-order valence-corrected chi connectivity index (χ0v) is 19.2. The molecule has 1 aromatic heterocycles. The molecule has 1 aromatic carbocycles. The second-order valence-corrected chi connectivity index (χ2v) is 9.79. The van der Waals surface area contributed by atoms with E-state index in [1.54, 1.807) is 21.5 Å². The van der Waals surface area contributed by atoms with Gasteiger partial charge in [0.2, 0.25) is 0 Å². The van der Waals surface area contributed by atoms with Gasteiger partial charge < -0.3 is 20.2 Å². The van der Waals surface area contributed by atoms with Crippen molar-refractivity contribution in [1.29, 1.82) is 0 Å². The molecule has 2 unspecified atom stereocenters. The molecule has 0 bridgehead atoms. The van der Waals surface area contributed by atoms with Crippen molar-refractivity contribution in [3.05, 3.63) is 46.0 Å². The third-order valence-electron chi connectivity index (χ3n) is 6.84. The number of rotatable bonds is 4. The summed E-state index contributed by atoms with van der Waals surface area (Å²) in [5.41, 5.74) is 2.46. The summed E-state index contributed by atoms with van der Waals surface area (Å²) in [4.78, 5) is 29.3. The maximum atomic E-state index is 13.4. The molecule has 1 fully saturated rings. The molecule has 1 saturated carbocycles. The van der Waals surface area contributed by atoms with Crippen molar-refractivity contribution in [2.45, 2.75) is 44.9 Å². The van der Waals surface area contributed by atoms with Crippen LogP contribution in [0.3, 0.4) is 0 Å². The van der Waals surface area contributed by atoms with Gasteiger partial charge in [0, 0.05) is 50.3 Å². The Morgan fingerprint density at radius 3 is 2.88 bits per heavy atom. The first-order chi connectivity index (χ1) is 15.8. The first kappa shape index (κ1) is 22.2. The first-order valence-electron chi connectivity index (χ1n) is 11.3. The zero-order valence-electron chi connectivity index (χ0n) is 18.4. The Hall–Kier alpha value is -2.65. The Bertz CT molecular complexity index is 1100. The smallest absolute Gasteiger partial charge is 0.322 e. The van der Waals surface area contributed by atoms with Crippen LogP contribution >= 0.6 is 11.6 Å². The molecule has 2 atom stereocenters. The largest absolute Gasteiger partial charge is 0.393 e. The van der Waals surface area contributed by atoms with E-state index in [9.17, 15) is 19.1 Å². The van der Waals surface area contributed by atoms with Crippen molar-refractivity contribution in [1.82, 2.24) is 19.6 Å². The van der Waals surface area contributed by atoms with Crippen molar-refractivity contribution in [2.24, 2.45) is 11.8 Å². The SMILES string of the molecule is CN1CC(C(O)CC2CC2)Cn2nc3c(c2C1=O)CN(C(=O)Nc1ccc(F)c(Cl)c1)CC3. The summed E-state index contributed by atoms with van der Waals surface area (Å²) in [6.45, 7) is 1.65. The fraction of sp³-hybridized carbons (Fsp3) is 0.522. The Kier molecular flexibility index (Phi) is 5.78. The lowest BCUT2D eigenvalue weighted by atomic mass is 9.97. The maximum absolute atomic E-state index is 13.4. The van der Waals surface area contributed by atoms with Crippen LogP contribution in [0, 0.1) is 17.7 Å². The van der Waals surface area contributed by atoms with Gasteiger partial charge in [-0.15, -0.1) is 0 Å². The molecule has 33 heavy (non-hydrogen) atoms. The summed E-state index contributed by atoms with van der Waals surface area (Å²) in [6.07, 6.45) is 3.16. The predicted molar refractivity (Wildman–Crippen MR) is 121 cm³/mol. The van der Waals surface area contributed by atoms with Gasteiger partial charge in [0.1, 0.15) is 11.5 Å². The highest BCUT2D eigenvalue weighted by molar-refractivity contribution is 6.31. The van der Waals surface area contributed by atoms with Gasteiger partial charge in [0.15, 0.2) is 0 Å². The van der Waals surface area contributed by atoms with Crippen LogP contribution in [0.1, 0.15) is 41.0 Å². The molecule has 3 aliphatic rings. The van der Waals surface area contributed by atoms with Gasteiger partial charge in [-0.1, -0.05) is 24.4 Å². The number of benzene rings is 1. The molecule has 3 heterocycles. The van der Waals surface area contributed by atoms with Gasteiger partial charge in [-0.3, -0.25) is 9.48 Å². The van der Waals surface area contributed by atoms with Gasteiger partial charge in [-0.2, -0.15) is 5.10 Å². The quantitative estimate of drug-likeness (QED) is 0.710. The van der Waals surface area contributed by atoms with Crippen molar-refractivity contribution in [3.63, 3.8) is 0 Å². The van der Waals surface area contributed by atoms with Crippen molar-refractivity contribution >= 4 is 29.2 Å². The zero-order chi connectivity index (χ0) is 23.3. The minimum absolute atomic E-state index is 0.0669. The highest BCUT2D eigenvalue weighted by Gasteiger charge is 2.37. The molecule has 5 rings (SSSR count). The lowest BCUT2D eigenvalue weighted by Gasteiger charge is -2.28. The number of hydrogen-bond donors (Lipinski definition) is 2. The van der Waals surface area contributed by atoms with Crippen LogP contribution in [0.2, 0.25) is 5.02 Å². The van der Waals surface area contributed by atoms with E-state index in [2.05, 4.69) is 5.32 Å². The van der Waals surface area contributed by atoms with E-state index in [1.165, 1.54) is 31.0 Å². The van der Waals surface area contributed by atoms with Crippen LogP contribution in [0.15, 0.2) is 18.2 Å². The lowest BCUT2D eigenvalue weighted by Crippen LogP contribution is -2.40. The highest BCUT2D eigenvalue weighted by atomic mass is 35.5. The van der Waals surface area contributed by atoms with Gasteiger partial charge in [0.25, 0.3) is 5.91 Å². The van der Waals surface area contributed by atoms with Crippen LogP contribution in [-0.4, -0.2) is 62.9 Å². The molecule has 176 valence electrons. The molecule has 0 spiro atoms. The minimum atomic E-state index is -0.553. The molecule has 10 heteroatoms. The van der Waals surface area contributed by atoms with E-state index in [0.29, 0.717) is 43.4 Å². The Balaban J connectivity index is 1.35. The minimum Gasteiger partial charge on any atom is -0.393 e. The molecule has 0 radical (unpaired) electrons. The van der Waals surface area contributed by atoms with Crippen molar-refractivity contribution in [3.8, 4) is 0 Å². The maximum Gasteiger partial charge on any atom is 0.322 e. The lowest BCUT2D eigenvalue weighted by molar-refractivity contribution is 0.0584. The highest BCUT2D eigenvalue weighted by Crippen LogP contribution is 2.36. The average Bonchev–Trinajstić information content (AvgIpc) is 3.54. The number of anilines is 1. The molecule has 3 amide bonds. The standard InChI is InChI=1S/C23H27ClFN5O3/c1-28-10-14(20(31)8-13-2-3-13)11-30-21(22(28)32)16-12-29(7-6-19(16)27-30)23(33)26-15-4-5-18(25)17(24)9-15/h4-5,9,13-14,20,31H,2-3,6-8,10-12H2,1H3,(H,26,33). The summed E-state index contributed by atoms with van der Waals surface area (Å²) < 4.78 is 15.1. The normalized spacial score (nSPS) is 21.3. The number of halogens is 2. The number of amides is 3. The topological polar surface area (TPSA) is 90.7 Å². The number of nitrogens with zero attached hydrogens (tertiary/aromatic N) is 4. The number of nitrogens with one attached hydrogen (secondary N) is 1. The molecule has 2 aromatic rings. The second-order valence-electron chi connectivity index (χ2n) is 9.38. The molecule has 0 saturated heterocycles. The van der Waals surface area contributed by atoms with E-state index in [4.69, 9.17) is 16.7 Å². The number of carbonyl (C=O) groups is 2. The fourth-order valence-corrected chi connectivity index (χ4v) is 4.95. The van der Waals surface area contributed by atoms with Crippen molar-refractivity contribution in [2.75, 3.05) is 25.5 Å². The van der Waals surface area contributed by atoms with Crippen LogP contribution in [0.5, 0.6) is 0 Å². The predicted octanol–water partition coefficient (Wildman–Crippen LogP) is 3.13. The van der Waals surface area contributed by atoms with E-state index < -0.39 is 11.9 Å². The Morgan fingerprint density at radius 1 is 1.36 bits per heavy atom. The monoisotopic (exact) mass is 475 g/mol. The van der Waals surface area contributed by atoms with Crippen LogP contribution < -0.4 is 5.32 Å². The number of aliphatic hydroxyl groups is 1. The number of hydrogen-bond acceptors (Lipinski definition) is 4. The first-order valence-corrected chi connectivity index (χ1v) is 11.7. The summed E-state index contributed by atoms with van der Waals surface area (Å²) in [6, 6.07) is 3.66. The summed E-state index contributed by atoms with van der Waals surface area (Å²) in [7, 11) is 1.75. The molecule has 8 nitrogen and oxygen atoms in total. The van der Waals surface area contributed by atoms with E-state index in [1.807, 2.05) is 0 Å². The average molecular weight is 476 g/mol. The molecule has 1 aliphatic carbocycles. The number of aliphatic hydroxyl groups excluding tert-OH is 1. The Morgan fingerprint density at radius 2 is 2.15 bits per heavy atom. The van der Waals surface area contributed by atoms with Crippen LogP contribution in [0.25, 0.3) is 0 Å². The number of carbonyl (C=O) groups excluding carboxylic acids is 2. The third kappa shape index (κ3) is 4.44.